The average molecular weight is 127 g/mol. The maximum Gasteiger partial charge on any atom is 0.0629 e. The smallest absolute Gasteiger partial charge is 0.0629 e. The van der Waals surface area contributed by atoms with Crippen molar-refractivity contribution in [2.75, 3.05) is 0 Å². The first-order valence-corrected chi connectivity index (χ1v) is 3.68. The Balaban J connectivity index is 3.02. The molecule has 0 aliphatic heterocycles. The van der Waals surface area contributed by atoms with Gasteiger partial charge in [-0.15, -0.1) is 18.2 Å². The third-order valence-corrected chi connectivity index (χ3v) is 1.77. The van der Waals surface area contributed by atoms with E-state index in [0.29, 0.717) is 5.25 Å². The van der Waals surface area contributed by atoms with Crippen molar-refractivity contribution in [1.82, 2.24) is 0 Å². The summed E-state index contributed by atoms with van der Waals surface area (Å²) < 4.78 is 0. The van der Waals surface area contributed by atoms with Crippen LogP contribution in [0.15, 0.2) is 0 Å². The largest absolute Gasteiger partial charge is 0.141 e. The third-order valence-electron chi connectivity index (χ3n) is 0.702. The molecule has 0 aliphatic carbocycles. The van der Waals surface area contributed by atoms with Gasteiger partial charge in [-0.1, -0.05) is 12.8 Å². The third kappa shape index (κ3) is 4.08. The molecule has 1 atom stereocenters. The van der Waals surface area contributed by atoms with E-state index in [-0.39, 0.29) is 0 Å². The lowest BCUT2D eigenvalue weighted by atomic mass is 10.5. The second-order valence-corrected chi connectivity index (χ2v) is 2.83. The molecule has 1 unspecified atom stereocenters. The van der Waals surface area contributed by atoms with Crippen LogP contribution in [0.1, 0.15) is 20.3 Å². The molecule has 1 radical (unpaired) electrons. The molecule has 0 heterocycles. The lowest BCUT2D eigenvalue weighted by molar-refractivity contribution is 1.19. The summed E-state index contributed by atoms with van der Waals surface area (Å²) in [6.07, 6.45) is 6.22. The highest BCUT2D eigenvalue weighted by Crippen LogP contribution is 2.13. The molecule has 0 aromatic rings. The van der Waals surface area contributed by atoms with Crippen LogP contribution in [-0.4, -0.2) is 5.25 Å². The molecule has 0 aromatic carbocycles. The number of hydrogen-bond donors (Lipinski definition) is 0. The van der Waals surface area contributed by atoms with Crippen LogP contribution in [0, 0.1) is 18.1 Å². The first-order chi connectivity index (χ1) is 3.81. The van der Waals surface area contributed by atoms with E-state index in [1.807, 2.05) is 6.92 Å². The van der Waals surface area contributed by atoms with Crippen molar-refractivity contribution in [3.63, 3.8) is 0 Å². The van der Waals surface area contributed by atoms with Crippen LogP contribution >= 0.6 is 11.8 Å². The van der Waals surface area contributed by atoms with E-state index in [1.54, 1.807) is 11.8 Å². The highest BCUT2D eigenvalue weighted by molar-refractivity contribution is 8.02. The minimum Gasteiger partial charge on any atom is -0.141 e. The molecule has 0 fully saturated rings. The molecule has 0 saturated heterocycles. The Labute approximate surface area is 56.1 Å². The van der Waals surface area contributed by atoms with Crippen LogP contribution in [0.3, 0.4) is 0 Å². The summed E-state index contributed by atoms with van der Waals surface area (Å²) in [5.41, 5.74) is 0. The van der Waals surface area contributed by atoms with Gasteiger partial charge in [0.15, 0.2) is 0 Å². The molecule has 45 valence electrons. The van der Waals surface area contributed by atoms with Crippen LogP contribution in [0.2, 0.25) is 0 Å². The molecule has 0 N–H and O–H groups in total. The Kier molecular flexibility index (Phi) is 5.00. The van der Waals surface area contributed by atoms with Crippen molar-refractivity contribution in [1.29, 1.82) is 0 Å². The van der Waals surface area contributed by atoms with Gasteiger partial charge in [-0.25, -0.2) is 0 Å². The van der Waals surface area contributed by atoms with Crippen molar-refractivity contribution in [3.05, 3.63) is 5.75 Å². The van der Waals surface area contributed by atoms with E-state index in [9.17, 15) is 0 Å². The first kappa shape index (κ1) is 7.91. The van der Waals surface area contributed by atoms with Crippen LogP contribution in [0.5, 0.6) is 0 Å². The molecule has 0 aromatic heterocycles. The Morgan fingerprint density at radius 2 is 2.50 bits per heavy atom. The zero-order valence-electron chi connectivity index (χ0n) is 5.35. The van der Waals surface area contributed by atoms with Crippen LogP contribution < -0.4 is 0 Å². The lowest BCUT2D eigenvalue weighted by Crippen LogP contribution is -1.87. The van der Waals surface area contributed by atoms with Crippen LogP contribution in [0.4, 0.5) is 0 Å². The van der Waals surface area contributed by atoms with Crippen molar-refractivity contribution in [3.8, 4) is 12.3 Å². The lowest BCUT2D eigenvalue weighted by Gasteiger charge is -1.98. The van der Waals surface area contributed by atoms with Gasteiger partial charge in [0.1, 0.15) is 0 Å². The van der Waals surface area contributed by atoms with Gasteiger partial charge in [-0.05, 0) is 13.3 Å². The molecule has 0 bridgehead atoms. The fraction of sp³-hybridized carbons (Fsp3) is 0.571. The summed E-state index contributed by atoms with van der Waals surface area (Å²) >= 11 is 1.72. The summed E-state index contributed by atoms with van der Waals surface area (Å²) in [6.45, 7) is 4.13. The minimum absolute atomic E-state index is 0.343. The summed E-state index contributed by atoms with van der Waals surface area (Å²) in [6, 6.07) is 0. The summed E-state index contributed by atoms with van der Waals surface area (Å²) in [7, 11) is 0. The van der Waals surface area contributed by atoms with Gasteiger partial charge in [0, 0.05) is 5.75 Å². The van der Waals surface area contributed by atoms with Gasteiger partial charge < -0.3 is 0 Å². The topological polar surface area (TPSA) is 0 Å². The number of thioether (sulfide) groups is 1. The van der Waals surface area contributed by atoms with Gasteiger partial charge in [0.2, 0.25) is 0 Å². The van der Waals surface area contributed by atoms with Crippen molar-refractivity contribution in [2.45, 2.75) is 25.5 Å². The highest BCUT2D eigenvalue weighted by atomic mass is 32.2. The van der Waals surface area contributed by atoms with Crippen LogP contribution in [-0.2, 0) is 0 Å². The number of hydrogen-bond acceptors (Lipinski definition) is 1. The first-order valence-electron chi connectivity index (χ1n) is 2.74. The van der Waals surface area contributed by atoms with E-state index >= 15 is 0 Å². The molecule has 1 heteroatoms. The fourth-order valence-electron chi connectivity index (χ4n) is 0.280. The summed E-state index contributed by atoms with van der Waals surface area (Å²) in [5.74, 6) is 4.76. The van der Waals surface area contributed by atoms with Gasteiger partial charge in [0.25, 0.3) is 0 Å². The molecule has 0 saturated carbocycles. The summed E-state index contributed by atoms with van der Waals surface area (Å²) in [4.78, 5) is 0. The molecule has 0 amide bonds. The standard InChI is InChI=1S/C7H11S/c1-4-6-8-7(3)5-2/h2,6-7H,4H2,1,3H3. The molecule has 8 heavy (non-hydrogen) atoms. The maximum absolute atomic E-state index is 5.12. The molecule has 0 rings (SSSR count). The fourth-order valence-corrected chi connectivity index (χ4v) is 0.840. The van der Waals surface area contributed by atoms with Gasteiger partial charge in [-0.3, -0.25) is 0 Å². The molecular weight excluding hydrogens is 116 g/mol. The molecule has 0 nitrogen and oxygen atoms in total. The van der Waals surface area contributed by atoms with Gasteiger partial charge in [0.05, 0.1) is 5.25 Å². The Morgan fingerprint density at radius 3 is 2.88 bits per heavy atom. The van der Waals surface area contributed by atoms with E-state index in [1.165, 1.54) is 0 Å². The van der Waals surface area contributed by atoms with Gasteiger partial charge in [-0.2, -0.15) is 0 Å². The van der Waals surface area contributed by atoms with Crippen molar-refractivity contribution >= 4 is 11.8 Å². The second kappa shape index (κ2) is 5.05. The zero-order valence-corrected chi connectivity index (χ0v) is 6.16. The zero-order chi connectivity index (χ0) is 6.41. The average Bonchev–Trinajstić information content (AvgIpc) is 1.83. The van der Waals surface area contributed by atoms with Gasteiger partial charge >= 0.3 is 0 Å². The minimum atomic E-state index is 0.343. The van der Waals surface area contributed by atoms with Crippen LogP contribution in [0.25, 0.3) is 0 Å². The van der Waals surface area contributed by atoms with E-state index in [4.69, 9.17) is 6.42 Å². The predicted octanol–water partition coefficient (Wildman–Crippen LogP) is 2.31. The highest BCUT2D eigenvalue weighted by Gasteiger charge is 1.92. The summed E-state index contributed by atoms with van der Waals surface area (Å²) in [5, 5.41) is 0.343. The Morgan fingerprint density at radius 1 is 1.88 bits per heavy atom. The normalized spacial score (nSPS) is 12.6. The van der Waals surface area contributed by atoms with E-state index < -0.39 is 0 Å². The molecule has 0 aliphatic rings. The Hall–Kier alpha value is -0.0900. The second-order valence-electron chi connectivity index (χ2n) is 1.52. The number of terminal acetylenes is 1. The Bertz CT molecular complexity index is 80.9. The maximum atomic E-state index is 5.12. The monoisotopic (exact) mass is 127 g/mol. The molecule has 0 spiro atoms. The predicted molar refractivity (Wildman–Crippen MR) is 40.5 cm³/mol. The number of rotatable bonds is 3. The van der Waals surface area contributed by atoms with E-state index in [2.05, 4.69) is 18.6 Å². The van der Waals surface area contributed by atoms with E-state index in [0.717, 1.165) is 6.42 Å². The SMILES string of the molecule is C#CC(C)S[CH]CC. The quantitative estimate of drug-likeness (QED) is 0.524. The van der Waals surface area contributed by atoms with Crippen molar-refractivity contribution < 1.29 is 0 Å². The molecular formula is C7H11S. The van der Waals surface area contributed by atoms with Crippen molar-refractivity contribution in [2.24, 2.45) is 0 Å².